The zero-order valence-corrected chi connectivity index (χ0v) is 12.4. The van der Waals surface area contributed by atoms with E-state index < -0.39 is 0 Å². The highest BCUT2D eigenvalue weighted by Gasteiger charge is 2.09. The van der Waals surface area contributed by atoms with Crippen LogP contribution in [-0.2, 0) is 14.3 Å². The number of ether oxygens (including phenoxy) is 2. The van der Waals surface area contributed by atoms with Gasteiger partial charge in [-0.15, -0.1) is 0 Å². The number of carbonyl (C=O) groups excluding carboxylic acids is 1. The molecule has 0 amide bonds. The Morgan fingerprint density at radius 1 is 1.26 bits per heavy atom. The van der Waals surface area contributed by atoms with Crippen molar-refractivity contribution >= 4 is 28.0 Å². The Morgan fingerprint density at radius 3 is 2.63 bits per heavy atom. The first kappa shape index (κ1) is 15.7. The Balaban J connectivity index is 2.65. The van der Waals surface area contributed by atoms with Crippen LogP contribution in [0.25, 0.3) is 6.08 Å². The smallest absolute Gasteiger partial charge is 0.336 e. The predicted octanol–water partition coefficient (Wildman–Crippen LogP) is 3.21. The van der Waals surface area contributed by atoms with Crippen LogP contribution in [0, 0.1) is 0 Å². The van der Waals surface area contributed by atoms with Crippen LogP contribution in [0.3, 0.4) is 0 Å². The summed E-state index contributed by atoms with van der Waals surface area (Å²) in [6.45, 7) is 0.697. The zero-order chi connectivity index (χ0) is 13.9. The summed E-state index contributed by atoms with van der Waals surface area (Å²) in [5, 5.41) is 0.792. The fourth-order valence-corrected chi connectivity index (χ4v) is 1.67. The van der Waals surface area contributed by atoms with Crippen molar-refractivity contribution in [3.05, 3.63) is 53.6 Å². The Labute approximate surface area is 122 Å². The minimum absolute atomic E-state index is 0.230. The number of methoxy groups -OCH3 is 1. The molecule has 0 aromatic heterocycles. The number of esters is 1. The molecule has 0 bridgehead atoms. The number of benzene rings is 1. The highest BCUT2D eigenvalue weighted by atomic mass is 79.9. The number of halogens is 1. The molecule has 0 radical (unpaired) electrons. The lowest BCUT2D eigenvalue weighted by Crippen LogP contribution is -2.11. The second-order valence-corrected chi connectivity index (χ2v) is 4.36. The van der Waals surface area contributed by atoms with Gasteiger partial charge >= 0.3 is 5.97 Å². The molecule has 102 valence electrons. The third-order valence-electron chi connectivity index (χ3n) is 2.32. The number of rotatable bonds is 7. The summed E-state index contributed by atoms with van der Waals surface area (Å²) in [7, 11) is 1.37. The fourth-order valence-electron chi connectivity index (χ4n) is 1.41. The van der Waals surface area contributed by atoms with E-state index in [0.717, 1.165) is 10.9 Å². The van der Waals surface area contributed by atoms with E-state index in [1.807, 2.05) is 42.5 Å². The number of hydrogen-bond acceptors (Lipinski definition) is 3. The first-order chi connectivity index (χ1) is 9.27. The van der Waals surface area contributed by atoms with Crippen molar-refractivity contribution in [2.45, 2.75) is 0 Å². The summed E-state index contributed by atoms with van der Waals surface area (Å²) in [6.07, 6.45) is 5.62. The molecule has 0 N–H and O–H groups in total. The van der Waals surface area contributed by atoms with Crippen LogP contribution in [0.2, 0.25) is 0 Å². The Morgan fingerprint density at radius 2 is 2.00 bits per heavy atom. The van der Waals surface area contributed by atoms with Crippen molar-refractivity contribution in [3.8, 4) is 0 Å². The van der Waals surface area contributed by atoms with Gasteiger partial charge in [0.05, 0.1) is 25.9 Å². The highest BCUT2D eigenvalue weighted by molar-refractivity contribution is 9.09. The van der Waals surface area contributed by atoms with Gasteiger partial charge in [0.1, 0.15) is 0 Å². The predicted molar refractivity (Wildman–Crippen MR) is 80.2 cm³/mol. The second-order valence-electron chi connectivity index (χ2n) is 3.71. The summed E-state index contributed by atoms with van der Waals surface area (Å²) in [4.78, 5) is 11.6. The van der Waals surface area contributed by atoms with Crippen LogP contribution >= 0.6 is 15.9 Å². The molecule has 0 heterocycles. The minimum atomic E-state index is -0.367. The van der Waals surface area contributed by atoms with E-state index >= 15 is 0 Å². The Bertz CT molecular complexity index is 438. The standard InChI is InChI=1S/C15H17BrO3/c1-18-15(17)14(12-19-10-6-5-9-16)11-13-7-3-2-4-8-13/h2-8,11H,9-10,12H2,1H3/b6-5+,14-11+. The van der Waals surface area contributed by atoms with Gasteiger partial charge in [-0.25, -0.2) is 4.79 Å². The average molecular weight is 325 g/mol. The SMILES string of the molecule is COC(=O)/C(=C/c1ccccc1)COC/C=C/CBr. The van der Waals surface area contributed by atoms with E-state index in [0.29, 0.717) is 12.2 Å². The van der Waals surface area contributed by atoms with E-state index in [2.05, 4.69) is 15.9 Å². The van der Waals surface area contributed by atoms with E-state index in [1.165, 1.54) is 7.11 Å². The molecular formula is C15H17BrO3. The van der Waals surface area contributed by atoms with Crippen molar-refractivity contribution in [2.24, 2.45) is 0 Å². The summed E-state index contributed by atoms with van der Waals surface area (Å²) < 4.78 is 10.2. The summed E-state index contributed by atoms with van der Waals surface area (Å²) in [5.74, 6) is -0.367. The number of alkyl halides is 1. The summed E-state index contributed by atoms with van der Waals surface area (Å²) in [5.41, 5.74) is 1.45. The maximum atomic E-state index is 11.6. The third kappa shape index (κ3) is 6.36. The van der Waals surface area contributed by atoms with Gasteiger partial charge in [0.25, 0.3) is 0 Å². The first-order valence-corrected chi connectivity index (χ1v) is 7.02. The van der Waals surface area contributed by atoms with Gasteiger partial charge in [0.15, 0.2) is 0 Å². The van der Waals surface area contributed by atoms with Gasteiger partial charge in [-0.3, -0.25) is 0 Å². The van der Waals surface area contributed by atoms with E-state index in [4.69, 9.17) is 9.47 Å². The lowest BCUT2D eigenvalue weighted by atomic mass is 10.1. The van der Waals surface area contributed by atoms with Gasteiger partial charge in [0.2, 0.25) is 0 Å². The normalized spacial score (nSPS) is 11.8. The molecule has 1 rings (SSSR count). The molecule has 1 aromatic rings. The highest BCUT2D eigenvalue weighted by Crippen LogP contribution is 2.08. The Hall–Kier alpha value is -1.39. The molecule has 4 heteroatoms. The van der Waals surface area contributed by atoms with Crippen LogP contribution < -0.4 is 0 Å². The molecule has 3 nitrogen and oxygen atoms in total. The van der Waals surface area contributed by atoms with Gasteiger partial charge in [0, 0.05) is 5.33 Å². The van der Waals surface area contributed by atoms with Crippen LogP contribution in [0.15, 0.2) is 48.1 Å². The van der Waals surface area contributed by atoms with Crippen LogP contribution in [-0.4, -0.2) is 31.6 Å². The lowest BCUT2D eigenvalue weighted by Gasteiger charge is -2.06. The summed E-state index contributed by atoms with van der Waals surface area (Å²) >= 11 is 3.28. The quantitative estimate of drug-likeness (QED) is 0.254. The minimum Gasteiger partial charge on any atom is -0.466 e. The molecule has 0 saturated heterocycles. The van der Waals surface area contributed by atoms with Gasteiger partial charge in [-0.05, 0) is 11.6 Å². The molecule has 0 atom stereocenters. The average Bonchev–Trinajstić information content (AvgIpc) is 2.46. The van der Waals surface area contributed by atoms with Crippen LogP contribution in [0.4, 0.5) is 0 Å². The molecule has 0 fully saturated rings. The van der Waals surface area contributed by atoms with Crippen molar-refractivity contribution in [3.63, 3.8) is 0 Å². The van der Waals surface area contributed by atoms with Crippen molar-refractivity contribution in [1.29, 1.82) is 0 Å². The molecule has 0 aliphatic carbocycles. The van der Waals surface area contributed by atoms with E-state index in [1.54, 1.807) is 6.08 Å². The number of hydrogen-bond donors (Lipinski definition) is 0. The number of allylic oxidation sites excluding steroid dienone is 1. The maximum Gasteiger partial charge on any atom is 0.336 e. The van der Waals surface area contributed by atoms with E-state index in [9.17, 15) is 4.79 Å². The Kier molecular flexibility index (Phi) is 7.86. The zero-order valence-electron chi connectivity index (χ0n) is 10.8. The van der Waals surface area contributed by atoms with Crippen molar-refractivity contribution < 1.29 is 14.3 Å². The van der Waals surface area contributed by atoms with E-state index in [-0.39, 0.29) is 12.6 Å². The van der Waals surface area contributed by atoms with Gasteiger partial charge < -0.3 is 9.47 Å². The fraction of sp³-hybridized carbons (Fsp3) is 0.267. The number of carbonyl (C=O) groups is 1. The second kappa shape index (κ2) is 9.53. The van der Waals surface area contributed by atoms with Crippen LogP contribution in [0.1, 0.15) is 5.56 Å². The molecule has 0 spiro atoms. The first-order valence-electron chi connectivity index (χ1n) is 5.90. The monoisotopic (exact) mass is 324 g/mol. The topological polar surface area (TPSA) is 35.5 Å². The van der Waals surface area contributed by atoms with Crippen molar-refractivity contribution in [2.75, 3.05) is 25.7 Å². The molecular weight excluding hydrogens is 308 g/mol. The molecule has 19 heavy (non-hydrogen) atoms. The molecule has 0 unspecified atom stereocenters. The maximum absolute atomic E-state index is 11.6. The summed E-state index contributed by atoms with van der Waals surface area (Å²) in [6, 6.07) is 9.61. The van der Waals surface area contributed by atoms with Gasteiger partial charge in [-0.2, -0.15) is 0 Å². The largest absolute Gasteiger partial charge is 0.466 e. The van der Waals surface area contributed by atoms with Crippen molar-refractivity contribution in [1.82, 2.24) is 0 Å². The molecule has 0 aliphatic heterocycles. The third-order valence-corrected chi connectivity index (χ3v) is 2.69. The lowest BCUT2D eigenvalue weighted by molar-refractivity contribution is -0.136. The molecule has 0 saturated carbocycles. The van der Waals surface area contributed by atoms with Gasteiger partial charge in [-0.1, -0.05) is 58.4 Å². The van der Waals surface area contributed by atoms with Crippen LogP contribution in [0.5, 0.6) is 0 Å². The molecule has 1 aromatic carbocycles. The molecule has 0 aliphatic rings.